The quantitative estimate of drug-likeness (QED) is 0.549. The summed E-state index contributed by atoms with van der Waals surface area (Å²) in [6, 6.07) is 12.7. The van der Waals surface area contributed by atoms with E-state index in [0.717, 1.165) is 48.0 Å². The van der Waals surface area contributed by atoms with Crippen LogP contribution in [0.4, 0.5) is 4.39 Å². The third-order valence-corrected chi connectivity index (χ3v) is 7.76. The zero-order chi connectivity index (χ0) is 23.9. The molecule has 2 aliphatic carbocycles. The van der Waals surface area contributed by atoms with Crippen molar-refractivity contribution in [1.29, 1.82) is 0 Å². The minimum Gasteiger partial charge on any atom is -0.461 e. The fraction of sp³-hybridized carbons (Fsp3) is 0.393. The lowest BCUT2D eigenvalue weighted by Crippen LogP contribution is -2.55. The molecule has 0 bridgehead atoms. The average Bonchev–Trinajstić information content (AvgIpc) is 3.72. The van der Waals surface area contributed by atoms with Crippen molar-refractivity contribution in [3.05, 3.63) is 59.6 Å². The van der Waals surface area contributed by atoms with Gasteiger partial charge in [-0.25, -0.2) is 4.39 Å². The molecule has 0 atom stereocenters. The SMILES string of the molecule is Cc1cc2cc(-c3ccc(C4=NC5(CC5)C(=O)N4CC4CN(C(=O)C5CC5)C4)cc3F)ccc2o1. The monoisotopic (exact) mass is 471 g/mol. The summed E-state index contributed by atoms with van der Waals surface area (Å²) in [5, 5.41) is 0.936. The van der Waals surface area contributed by atoms with Crippen LogP contribution in [0.3, 0.4) is 0 Å². The van der Waals surface area contributed by atoms with Crippen LogP contribution < -0.4 is 0 Å². The van der Waals surface area contributed by atoms with Gasteiger partial charge in [0.05, 0.1) is 0 Å². The van der Waals surface area contributed by atoms with E-state index >= 15 is 4.39 Å². The number of carbonyl (C=O) groups is 2. The van der Waals surface area contributed by atoms with Gasteiger partial charge in [0.1, 0.15) is 28.5 Å². The Labute approximate surface area is 202 Å². The highest BCUT2D eigenvalue weighted by atomic mass is 19.1. The van der Waals surface area contributed by atoms with Gasteiger partial charge in [-0.1, -0.05) is 18.2 Å². The van der Waals surface area contributed by atoms with Crippen molar-refractivity contribution >= 4 is 28.6 Å². The van der Waals surface area contributed by atoms with Crippen molar-refractivity contribution < 1.29 is 18.4 Å². The van der Waals surface area contributed by atoms with Crippen LogP contribution in [0.1, 0.15) is 37.0 Å². The Balaban J connectivity index is 1.14. The molecule has 2 aliphatic heterocycles. The van der Waals surface area contributed by atoms with Gasteiger partial charge in [0.15, 0.2) is 0 Å². The Morgan fingerprint density at radius 2 is 1.89 bits per heavy atom. The first-order valence-corrected chi connectivity index (χ1v) is 12.4. The number of aryl methyl sites for hydroxylation is 1. The maximum absolute atomic E-state index is 15.4. The Morgan fingerprint density at radius 1 is 1.11 bits per heavy atom. The molecule has 2 aromatic carbocycles. The normalized spacial score (nSPS) is 21.1. The van der Waals surface area contributed by atoms with E-state index < -0.39 is 5.54 Å². The molecule has 0 N–H and O–H groups in total. The van der Waals surface area contributed by atoms with Crippen LogP contribution >= 0.6 is 0 Å². The number of halogens is 1. The first-order chi connectivity index (χ1) is 16.9. The topological polar surface area (TPSA) is 66.1 Å². The number of amides is 2. The number of likely N-dealkylation sites (tertiary alicyclic amines) is 1. The van der Waals surface area contributed by atoms with Crippen molar-refractivity contribution in [1.82, 2.24) is 9.80 Å². The summed E-state index contributed by atoms with van der Waals surface area (Å²) in [6.07, 6.45) is 3.49. The number of furan rings is 1. The van der Waals surface area contributed by atoms with Gasteiger partial charge in [-0.3, -0.25) is 19.5 Å². The van der Waals surface area contributed by atoms with Crippen molar-refractivity contribution in [3.63, 3.8) is 0 Å². The van der Waals surface area contributed by atoms with E-state index in [1.807, 2.05) is 42.2 Å². The van der Waals surface area contributed by atoms with E-state index in [2.05, 4.69) is 0 Å². The fourth-order valence-corrected chi connectivity index (χ4v) is 5.44. The summed E-state index contributed by atoms with van der Waals surface area (Å²) < 4.78 is 21.0. The minimum absolute atomic E-state index is 0.0183. The number of carbonyl (C=O) groups excluding carboxylic acids is 2. The lowest BCUT2D eigenvalue weighted by Gasteiger charge is -2.41. The van der Waals surface area contributed by atoms with Gasteiger partial charge in [-0.2, -0.15) is 0 Å². The van der Waals surface area contributed by atoms with Crippen molar-refractivity contribution in [2.75, 3.05) is 19.6 Å². The van der Waals surface area contributed by atoms with Crippen molar-refractivity contribution in [3.8, 4) is 11.1 Å². The molecule has 3 heterocycles. The number of hydrogen-bond acceptors (Lipinski definition) is 4. The number of rotatable bonds is 5. The lowest BCUT2D eigenvalue weighted by molar-refractivity contribution is -0.139. The van der Waals surface area contributed by atoms with Crippen LogP contribution in [-0.2, 0) is 9.59 Å². The summed E-state index contributed by atoms with van der Waals surface area (Å²) in [5.41, 5.74) is 2.02. The van der Waals surface area contributed by atoms with Crippen LogP contribution in [0.5, 0.6) is 0 Å². The molecule has 2 saturated carbocycles. The Morgan fingerprint density at radius 3 is 2.60 bits per heavy atom. The molecule has 0 radical (unpaired) electrons. The largest absolute Gasteiger partial charge is 0.461 e. The van der Waals surface area contributed by atoms with E-state index in [0.29, 0.717) is 36.6 Å². The zero-order valence-electron chi connectivity index (χ0n) is 19.6. The average molecular weight is 472 g/mol. The van der Waals surface area contributed by atoms with Crippen molar-refractivity contribution in [2.24, 2.45) is 16.8 Å². The molecule has 3 aromatic rings. The summed E-state index contributed by atoms with van der Waals surface area (Å²) >= 11 is 0. The number of amidine groups is 1. The highest BCUT2D eigenvalue weighted by Gasteiger charge is 2.58. The van der Waals surface area contributed by atoms with Crippen LogP contribution in [-0.4, -0.2) is 52.6 Å². The number of aliphatic imine (C=N–C) groups is 1. The number of benzene rings is 2. The Kier molecular flexibility index (Phi) is 4.33. The van der Waals surface area contributed by atoms with Crippen LogP contribution in [0.2, 0.25) is 0 Å². The maximum atomic E-state index is 15.4. The summed E-state index contributed by atoms with van der Waals surface area (Å²) in [5.74, 6) is 1.75. The molecular formula is C28H26FN3O3. The Bertz CT molecular complexity index is 1430. The van der Waals surface area contributed by atoms with Gasteiger partial charge in [0.2, 0.25) is 5.91 Å². The molecule has 7 heteroatoms. The van der Waals surface area contributed by atoms with Gasteiger partial charge in [-0.15, -0.1) is 0 Å². The summed E-state index contributed by atoms with van der Waals surface area (Å²) in [6.45, 7) is 3.78. The third-order valence-electron chi connectivity index (χ3n) is 7.76. The first-order valence-electron chi connectivity index (χ1n) is 12.4. The molecule has 2 amide bonds. The molecule has 3 fully saturated rings. The van der Waals surface area contributed by atoms with Crippen molar-refractivity contribution in [2.45, 2.75) is 38.1 Å². The molecule has 4 aliphatic rings. The highest BCUT2D eigenvalue weighted by Crippen LogP contribution is 2.46. The van der Waals surface area contributed by atoms with Gasteiger partial charge in [0, 0.05) is 48.0 Å². The van der Waals surface area contributed by atoms with Gasteiger partial charge in [0.25, 0.3) is 5.91 Å². The van der Waals surface area contributed by atoms with E-state index in [4.69, 9.17) is 9.41 Å². The number of nitrogens with zero attached hydrogens (tertiary/aromatic N) is 3. The third kappa shape index (κ3) is 3.39. The lowest BCUT2D eigenvalue weighted by atomic mass is 9.97. The molecule has 35 heavy (non-hydrogen) atoms. The first kappa shape index (κ1) is 20.9. The molecule has 1 aromatic heterocycles. The standard InChI is InChI=1S/C28H26FN3O3/c1-16-10-21-11-19(5-7-24(21)35-16)22-6-4-20(12-23(22)29)25-30-28(8-9-28)27(34)32(25)15-17-13-31(14-17)26(33)18-2-3-18/h4-7,10-12,17-18H,2-3,8-9,13-15H2,1H3. The predicted molar refractivity (Wildman–Crippen MR) is 129 cm³/mol. The molecule has 178 valence electrons. The summed E-state index contributed by atoms with van der Waals surface area (Å²) in [4.78, 5) is 33.9. The second kappa shape index (κ2) is 7.26. The second-order valence-electron chi connectivity index (χ2n) is 10.6. The Hall–Kier alpha value is -3.48. The summed E-state index contributed by atoms with van der Waals surface area (Å²) in [7, 11) is 0. The van der Waals surface area contributed by atoms with Crippen LogP contribution in [0, 0.1) is 24.6 Å². The second-order valence-corrected chi connectivity index (χ2v) is 10.6. The predicted octanol–water partition coefficient (Wildman–Crippen LogP) is 4.54. The molecule has 1 spiro atoms. The van der Waals surface area contributed by atoms with Gasteiger partial charge < -0.3 is 9.32 Å². The molecular weight excluding hydrogens is 445 g/mol. The fourth-order valence-electron chi connectivity index (χ4n) is 5.44. The van der Waals surface area contributed by atoms with E-state index in [9.17, 15) is 9.59 Å². The molecule has 1 saturated heterocycles. The zero-order valence-corrected chi connectivity index (χ0v) is 19.6. The van der Waals surface area contributed by atoms with Gasteiger partial charge >= 0.3 is 0 Å². The minimum atomic E-state index is -0.651. The van der Waals surface area contributed by atoms with E-state index in [1.54, 1.807) is 11.0 Å². The maximum Gasteiger partial charge on any atom is 0.256 e. The molecule has 7 rings (SSSR count). The van der Waals surface area contributed by atoms with Crippen LogP contribution in [0.25, 0.3) is 22.1 Å². The molecule has 0 unspecified atom stereocenters. The molecule has 6 nitrogen and oxygen atoms in total. The van der Waals surface area contributed by atoms with Crippen LogP contribution in [0.15, 0.2) is 51.9 Å². The smallest absolute Gasteiger partial charge is 0.256 e. The number of hydrogen-bond donors (Lipinski definition) is 0. The van der Waals surface area contributed by atoms with E-state index in [-0.39, 0.29) is 29.5 Å². The number of fused-ring (bicyclic) bond motifs is 1. The van der Waals surface area contributed by atoms with E-state index in [1.165, 1.54) is 6.07 Å². The highest BCUT2D eigenvalue weighted by molar-refractivity contribution is 6.16. The van der Waals surface area contributed by atoms with Gasteiger partial charge in [-0.05, 0) is 62.4 Å².